The third-order valence-corrected chi connectivity index (χ3v) is 5.81. The number of hydrogen-bond acceptors (Lipinski definition) is 4. The average Bonchev–Trinajstić information content (AvgIpc) is 3.16. The van der Waals surface area contributed by atoms with Gasteiger partial charge < -0.3 is 5.11 Å². The molecule has 2 heterocycles. The number of nitrogens with zero attached hydrogens (tertiary/aromatic N) is 2. The van der Waals surface area contributed by atoms with Gasteiger partial charge in [0.2, 0.25) is 0 Å². The number of aliphatic carboxylic acids is 1. The number of carboxylic acids is 1. The summed E-state index contributed by atoms with van der Waals surface area (Å²) in [5, 5.41) is 11.4. The minimum Gasteiger partial charge on any atom is -0.481 e. The number of thiophene rings is 1. The van der Waals surface area contributed by atoms with Crippen molar-refractivity contribution in [2.75, 3.05) is 0 Å². The number of halogens is 1. The number of benzene rings is 2. The number of hydrogen-bond donors (Lipinski definition) is 1. The van der Waals surface area contributed by atoms with E-state index in [4.69, 9.17) is 5.11 Å². The second kappa shape index (κ2) is 8.59. The highest BCUT2D eigenvalue weighted by Gasteiger charge is 2.18. The molecule has 1 N–H and O–H groups in total. The predicted octanol–water partition coefficient (Wildman–Crippen LogP) is 4.72. The maximum atomic E-state index is 14.2. The van der Waals surface area contributed by atoms with Gasteiger partial charge in [-0.05, 0) is 23.6 Å². The summed E-state index contributed by atoms with van der Waals surface area (Å²) in [5.41, 5.74) is 1.94. The normalized spacial score (nSPS) is 11.1. The van der Waals surface area contributed by atoms with Gasteiger partial charge in [0, 0.05) is 30.3 Å². The van der Waals surface area contributed by atoms with E-state index in [0.29, 0.717) is 21.6 Å². The lowest BCUT2D eigenvalue weighted by atomic mass is 10.1. The van der Waals surface area contributed by atoms with Crippen molar-refractivity contribution in [2.24, 2.45) is 0 Å². The number of aromatic nitrogens is 2. The summed E-state index contributed by atoms with van der Waals surface area (Å²) < 4.78 is 15.7. The van der Waals surface area contributed by atoms with Gasteiger partial charge in [-0.1, -0.05) is 48.5 Å². The Morgan fingerprint density at radius 1 is 1.10 bits per heavy atom. The number of carboxylic acid groups (broad SMARTS) is 1. The molecule has 152 valence electrons. The molecule has 30 heavy (non-hydrogen) atoms. The predicted molar refractivity (Wildman–Crippen MR) is 115 cm³/mol. The van der Waals surface area contributed by atoms with Crippen LogP contribution in [0.3, 0.4) is 0 Å². The van der Waals surface area contributed by atoms with Crippen molar-refractivity contribution in [3.63, 3.8) is 0 Å². The summed E-state index contributed by atoms with van der Waals surface area (Å²) >= 11 is 1.38. The summed E-state index contributed by atoms with van der Waals surface area (Å²) in [6.45, 7) is 0.210. The van der Waals surface area contributed by atoms with Gasteiger partial charge in [0.25, 0.3) is 5.56 Å². The molecule has 0 spiro atoms. The number of rotatable bonds is 7. The SMILES string of the molecule is O=C(O)CCCn1c(Cc2ccccc2F)nc2scc(-c3ccccc3)c2c1=O. The lowest BCUT2D eigenvalue weighted by molar-refractivity contribution is -0.137. The van der Waals surface area contributed by atoms with Crippen molar-refractivity contribution >= 4 is 27.5 Å². The van der Waals surface area contributed by atoms with E-state index in [1.54, 1.807) is 18.2 Å². The largest absolute Gasteiger partial charge is 0.481 e. The van der Waals surface area contributed by atoms with Gasteiger partial charge >= 0.3 is 5.97 Å². The molecule has 0 atom stereocenters. The zero-order valence-electron chi connectivity index (χ0n) is 16.0. The first-order valence-electron chi connectivity index (χ1n) is 9.56. The van der Waals surface area contributed by atoms with Gasteiger partial charge in [0.15, 0.2) is 0 Å². The van der Waals surface area contributed by atoms with Gasteiger partial charge in [-0.15, -0.1) is 11.3 Å². The maximum Gasteiger partial charge on any atom is 0.303 e. The summed E-state index contributed by atoms with van der Waals surface area (Å²) in [7, 11) is 0. The molecule has 0 saturated carbocycles. The highest BCUT2D eigenvalue weighted by atomic mass is 32.1. The van der Waals surface area contributed by atoms with E-state index in [2.05, 4.69) is 4.98 Å². The molecule has 0 aliphatic carbocycles. The summed E-state index contributed by atoms with van der Waals surface area (Å²) in [6.07, 6.45) is 0.389. The molecule has 0 aliphatic heterocycles. The van der Waals surface area contributed by atoms with Gasteiger partial charge in [0.05, 0.1) is 5.39 Å². The van der Waals surface area contributed by atoms with Crippen molar-refractivity contribution in [1.82, 2.24) is 9.55 Å². The molecular formula is C23H19FN2O3S. The molecule has 7 heteroatoms. The van der Waals surface area contributed by atoms with Crippen LogP contribution in [0, 0.1) is 5.82 Å². The molecule has 0 saturated heterocycles. The monoisotopic (exact) mass is 422 g/mol. The molecule has 0 radical (unpaired) electrons. The standard InChI is InChI=1S/C23H19FN2O3S/c24-18-10-5-4-9-16(18)13-19-25-22-21(23(29)26(19)12-6-11-20(27)28)17(14-30-22)15-7-2-1-3-8-15/h1-5,7-10,14H,6,11-13H2,(H,27,28). The van der Waals surface area contributed by atoms with E-state index in [1.807, 2.05) is 35.7 Å². The van der Waals surface area contributed by atoms with E-state index in [1.165, 1.54) is 22.0 Å². The second-order valence-corrected chi connectivity index (χ2v) is 7.80. The second-order valence-electron chi connectivity index (χ2n) is 6.95. The third kappa shape index (κ3) is 4.02. The lowest BCUT2D eigenvalue weighted by Crippen LogP contribution is -2.26. The van der Waals surface area contributed by atoms with Crippen molar-refractivity contribution in [3.05, 3.63) is 87.5 Å². The smallest absolute Gasteiger partial charge is 0.303 e. The van der Waals surface area contributed by atoms with Crippen LogP contribution in [0.4, 0.5) is 4.39 Å². The Morgan fingerprint density at radius 3 is 2.57 bits per heavy atom. The van der Waals surface area contributed by atoms with Crippen LogP contribution in [0.5, 0.6) is 0 Å². The molecule has 2 aromatic carbocycles. The van der Waals surface area contributed by atoms with E-state index in [9.17, 15) is 14.0 Å². The van der Waals surface area contributed by atoms with Gasteiger partial charge in [-0.2, -0.15) is 0 Å². The van der Waals surface area contributed by atoms with Crippen LogP contribution in [-0.2, 0) is 17.8 Å². The quantitative estimate of drug-likeness (QED) is 0.468. The van der Waals surface area contributed by atoms with Crippen LogP contribution < -0.4 is 5.56 Å². The molecule has 0 amide bonds. The zero-order chi connectivity index (χ0) is 21.1. The fourth-order valence-electron chi connectivity index (χ4n) is 3.46. The van der Waals surface area contributed by atoms with Crippen LogP contribution in [0.25, 0.3) is 21.3 Å². The molecule has 4 aromatic rings. The first-order chi connectivity index (χ1) is 14.5. The fraction of sp³-hybridized carbons (Fsp3) is 0.174. The van der Waals surface area contributed by atoms with Gasteiger partial charge in [-0.25, -0.2) is 9.37 Å². The number of fused-ring (bicyclic) bond motifs is 1. The molecule has 0 unspecified atom stereocenters. The Bertz CT molecular complexity index is 1260. The first-order valence-corrected chi connectivity index (χ1v) is 10.4. The molecule has 0 bridgehead atoms. The molecule has 0 aliphatic rings. The highest BCUT2D eigenvalue weighted by Crippen LogP contribution is 2.31. The molecule has 2 aromatic heterocycles. The van der Waals surface area contributed by atoms with Crippen LogP contribution in [-0.4, -0.2) is 20.6 Å². The van der Waals surface area contributed by atoms with Crippen molar-refractivity contribution < 1.29 is 14.3 Å². The Kier molecular flexibility index (Phi) is 5.72. The topological polar surface area (TPSA) is 72.2 Å². The highest BCUT2D eigenvalue weighted by molar-refractivity contribution is 7.17. The average molecular weight is 422 g/mol. The Labute approximate surface area is 176 Å². The summed E-state index contributed by atoms with van der Waals surface area (Å²) in [6, 6.07) is 16.0. The van der Waals surface area contributed by atoms with Crippen LogP contribution >= 0.6 is 11.3 Å². The van der Waals surface area contributed by atoms with Crippen LogP contribution in [0.1, 0.15) is 24.2 Å². The minimum absolute atomic E-state index is 0.0568. The third-order valence-electron chi connectivity index (χ3n) is 4.94. The minimum atomic E-state index is -0.923. The Hall–Kier alpha value is -3.32. The van der Waals surface area contributed by atoms with E-state index >= 15 is 0 Å². The van der Waals surface area contributed by atoms with Crippen molar-refractivity contribution in [2.45, 2.75) is 25.8 Å². The molecule has 4 rings (SSSR count). The van der Waals surface area contributed by atoms with Crippen LogP contribution in [0.15, 0.2) is 64.8 Å². The summed E-state index contributed by atoms with van der Waals surface area (Å²) in [4.78, 5) is 29.7. The van der Waals surface area contributed by atoms with Crippen molar-refractivity contribution in [3.8, 4) is 11.1 Å². The molecular weight excluding hydrogens is 403 g/mol. The van der Waals surface area contributed by atoms with Crippen molar-refractivity contribution in [1.29, 1.82) is 0 Å². The van der Waals surface area contributed by atoms with Gasteiger partial charge in [-0.3, -0.25) is 14.2 Å². The summed E-state index contributed by atoms with van der Waals surface area (Å²) in [5.74, 6) is -0.849. The zero-order valence-corrected chi connectivity index (χ0v) is 16.9. The fourth-order valence-corrected chi connectivity index (χ4v) is 4.42. The van der Waals surface area contributed by atoms with Gasteiger partial charge in [0.1, 0.15) is 16.5 Å². The molecule has 5 nitrogen and oxygen atoms in total. The van der Waals surface area contributed by atoms with E-state index in [-0.39, 0.29) is 37.2 Å². The van der Waals surface area contributed by atoms with Crippen LogP contribution in [0.2, 0.25) is 0 Å². The van der Waals surface area contributed by atoms with E-state index in [0.717, 1.165) is 11.1 Å². The van der Waals surface area contributed by atoms with E-state index < -0.39 is 5.97 Å². The Morgan fingerprint density at radius 2 is 1.83 bits per heavy atom. The maximum absolute atomic E-state index is 14.2. The number of carbonyl (C=O) groups is 1. The Balaban J connectivity index is 1.84. The lowest BCUT2D eigenvalue weighted by Gasteiger charge is -2.13. The molecule has 0 fully saturated rings. The first kappa shape index (κ1) is 20.0.